The van der Waals surface area contributed by atoms with Gasteiger partial charge in [-0.1, -0.05) is 6.07 Å². The average Bonchev–Trinajstić information content (AvgIpc) is 3.42. The van der Waals surface area contributed by atoms with Crippen LogP contribution >= 0.6 is 0 Å². The van der Waals surface area contributed by atoms with Crippen molar-refractivity contribution in [2.75, 3.05) is 19.6 Å². The Bertz CT molecular complexity index is 1110. The van der Waals surface area contributed by atoms with Crippen LogP contribution in [0.3, 0.4) is 0 Å². The summed E-state index contributed by atoms with van der Waals surface area (Å²) in [7, 11) is 1.99. The van der Waals surface area contributed by atoms with Crippen molar-refractivity contribution in [3.05, 3.63) is 41.1 Å². The maximum Gasteiger partial charge on any atom is 0.317 e. The number of nitrogens with zero attached hydrogens (tertiary/aromatic N) is 5. The number of urea groups is 1. The molecular weight excluding hydrogens is 422 g/mol. The summed E-state index contributed by atoms with van der Waals surface area (Å²) in [5.74, 6) is 2.88. The van der Waals surface area contributed by atoms with Gasteiger partial charge in [0.15, 0.2) is 5.82 Å². The van der Waals surface area contributed by atoms with Crippen molar-refractivity contribution in [2.24, 2.45) is 7.05 Å². The van der Waals surface area contributed by atoms with Crippen LogP contribution in [0.5, 0.6) is 0 Å². The van der Waals surface area contributed by atoms with E-state index in [-0.39, 0.29) is 12.5 Å². The van der Waals surface area contributed by atoms with Crippen LogP contribution < -0.4 is 5.32 Å². The zero-order valence-corrected chi connectivity index (χ0v) is 19.1. The minimum atomic E-state index is -0.250. The number of carboxylic acid groups (broad SMARTS) is 1. The van der Waals surface area contributed by atoms with Gasteiger partial charge in [-0.3, -0.25) is 14.6 Å². The Labute approximate surface area is 192 Å². The van der Waals surface area contributed by atoms with E-state index >= 15 is 0 Å². The largest absolute Gasteiger partial charge is 0.483 e. The van der Waals surface area contributed by atoms with Crippen molar-refractivity contribution >= 4 is 23.4 Å². The first-order valence-corrected chi connectivity index (χ1v) is 11.5. The van der Waals surface area contributed by atoms with Crippen LogP contribution in [0.15, 0.2) is 18.3 Å². The molecule has 0 spiro atoms. The molecule has 0 bridgehead atoms. The minimum absolute atomic E-state index is 0.0351. The monoisotopic (exact) mass is 453 g/mol. The van der Waals surface area contributed by atoms with E-state index in [0.29, 0.717) is 18.4 Å². The molecule has 3 heterocycles. The normalized spacial score (nSPS) is 16.4. The maximum atomic E-state index is 12.0. The SMILES string of the molecule is CCNC(=O)N1CCC(c2nc(Cc3ccc4[nH]ncc4c3C3CC3)n(C)n2)CC1.O=CO. The van der Waals surface area contributed by atoms with E-state index < -0.39 is 0 Å². The number of piperidine rings is 1. The number of likely N-dealkylation sites (tertiary alicyclic amines) is 1. The first-order valence-electron chi connectivity index (χ1n) is 11.5. The van der Waals surface area contributed by atoms with Crippen LogP contribution in [-0.2, 0) is 18.3 Å². The lowest BCUT2D eigenvalue weighted by molar-refractivity contribution is -0.122. The summed E-state index contributed by atoms with van der Waals surface area (Å²) < 4.78 is 1.93. The number of carbonyl (C=O) groups is 2. The lowest BCUT2D eigenvalue weighted by Gasteiger charge is -2.30. The third-order valence-electron chi connectivity index (χ3n) is 6.44. The number of amides is 2. The van der Waals surface area contributed by atoms with Gasteiger partial charge in [0.05, 0.1) is 11.7 Å². The van der Waals surface area contributed by atoms with Gasteiger partial charge in [0, 0.05) is 44.4 Å². The number of aromatic amines is 1. The van der Waals surface area contributed by atoms with E-state index in [1.807, 2.05) is 29.7 Å². The molecule has 1 aliphatic carbocycles. The van der Waals surface area contributed by atoms with Gasteiger partial charge in [-0.25, -0.2) is 9.78 Å². The van der Waals surface area contributed by atoms with E-state index in [0.717, 1.165) is 49.5 Å². The quantitative estimate of drug-likeness (QED) is 0.510. The number of aryl methyl sites for hydroxylation is 1. The van der Waals surface area contributed by atoms with Crippen LogP contribution in [0, 0.1) is 0 Å². The molecule has 2 aromatic heterocycles. The number of aromatic nitrogens is 5. The summed E-state index contributed by atoms with van der Waals surface area (Å²) in [5, 5.41) is 23.1. The molecule has 3 N–H and O–H groups in total. The summed E-state index contributed by atoms with van der Waals surface area (Å²) >= 11 is 0. The molecule has 1 saturated heterocycles. The number of benzene rings is 1. The fourth-order valence-corrected chi connectivity index (χ4v) is 4.63. The molecule has 176 valence electrons. The van der Waals surface area contributed by atoms with Gasteiger partial charge in [-0.05, 0) is 55.7 Å². The highest BCUT2D eigenvalue weighted by Gasteiger charge is 2.30. The van der Waals surface area contributed by atoms with Crippen molar-refractivity contribution < 1.29 is 14.7 Å². The first kappa shape index (κ1) is 22.8. The molecule has 5 rings (SSSR count). The molecule has 2 amide bonds. The molecule has 1 aliphatic heterocycles. The number of hydrogen-bond donors (Lipinski definition) is 3. The smallest absolute Gasteiger partial charge is 0.317 e. The Morgan fingerprint density at radius 2 is 1.97 bits per heavy atom. The second-order valence-electron chi connectivity index (χ2n) is 8.63. The summed E-state index contributed by atoms with van der Waals surface area (Å²) in [6, 6.07) is 4.37. The number of H-pyrrole nitrogens is 1. The third-order valence-corrected chi connectivity index (χ3v) is 6.44. The lowest BCUT2D eigenvalue weighted by Crippen LogP contribution is -2.44. The molecule has 2 fully saturated rings. The fourth-order valence-electron chi connectivity index (χ4n) is 4.63. The van der Waals surface area contributed by atoms with Crippen molar-refractivity contribution in [3.63, 3.8) is 0 Å². The Morgan fingerprint density at radius 3 is 2.64 bits per heavy atom. The Hall–Kier alpha value is -3.43. The molecule has 1 saturated carbocycles. The predicted molar refractivity (Wildman–Crippen MR) is 123 cm³/mol. The highest BCUT2D eigenvalue weighted by molar-refractivity contribution is 5.84. The molecule has 2 aliphatic rings. The van der Waals surface area contributed by atoms with Crippen LogP contribution in [0.25, 0.3) is 10.9 Å². The third kappa shape index (κ3) is 4.99. The average molecular weight is 454 g/mol. The second-order valence-corrected chi connectivity index (χ2v) is 8.63. The molecule has 10 nitrogen and oxygen atoms in total. The predicted octanol–water partition coefficient (Wildman–Crippen LogP) is 2.77. The van der Waals surface area contributed by atoms with Crippen molar-refractivity contribution in [2.45, 2.75) is 50.9 Å². The van der Waals surface area contributed by atoms with Crippen LogP contribution in [0.4, 0.5) is 4.79 Å². The van der Waals surface area contributed by atoms with Gasteiger partial charge in [0.2, 0.25) is 0 Å². The molecule has 10 heteroatoms. The highest BCUT2D eigenvalue weighted by Crippen LogP contribution is 2.45. The van der Waals surface area contributed by atoms with E-state index in [4.69, 9.17) is 20.0 Å². The molecule has 0 radical (unpaired) electrons. The summed E-state index contributed by atoms with van der Waals surface area (Å²) in [6.45, 7) is 3.88. The molecule has 0 atom stereocenters. The van der Waals surface area contributed by atoms with Crippen LogP contribution in [0.1, 0.15) is 67.2 Å². The highest BCUT2D eigenvalue weighted by atomic mass is 16.3. The van der Waals surface area contributed by atoms with Crippen LogP contribution in [-0.4, -0.2) is 67.1 Å². The fraction of sp³-hybridized carbons (Fsp3) is 0.522. The van der Waals surface area contributed by atoms with Gasteiger partial charge in [-0.2, -0.15) is 10.2 Å². The van der Waals surface area contributed by atoms with E-state index in [1.165, 1.54) is 29.4 Å². The van der Waals surface area contributed by atoms with E-state index in [1.54, 1.807) is 0 Å². The van der Waals surface area contributed by atoms with Gasteiger partial charge < -0.3 is 15.3 Å². The number of fused-ring (bicyclic) bond motifs is 1. The van der Waals surface area contributed by atoms with Crippen molar-refractivity contribution in [3.8, 4) is 0 Å². The Kier molecular flexibility index (Phi) is 6.90. The van der Waals surface area contributed by atoms with Crippen LogP contribution in [0.2, 0.25) is 0 Å². The summed E-state index contributed by atoms with van der Waals surface area (Å²) in [4.78, 5) is 27.2. The standard InChI is InChI=1S/C22H29N7O.CH2O2/c1-3-23-22(30)29-10-8-15(9-11-29)21-25-19(28(2)27-21)12-16-6-7-18-17(13-24-26-18)20(16)14-4-5-14;2-1-3/h6-7,13-15H,3-5,8-12H2,1-2H3,(H,23,30)(H,24,26);1H,(H,2,3). The summed E-state index contributed by atoms with van der Waals surface area (Å²) in [5.41, 5.74) is 3.87. The maximum absolute atomic E-state index is 12.0. The molecule has 0 unspecified atom stereocenters. The molecule has 3 aromatic rings. The lowest BCUT2D eigenvalue weighted by atomic mass is 9.96. The number of carbonyl (C=O) groups excluding carboxylic acids is 1. The Morgan fingerprint density at radius 1 is 1.24 bits per heavy atom. The van der Waals surface area contributed by atoms with Crippen molar-refractivity contribution in [1.29, 1.82) is 0 Å². The zero-order chi connectivity index (χ0) is 23.4. The van der Waals surface area contributed by atoms with Gasteiger partial charge >= 0.3 is 6.03 Å². The second kappa shape index (κ2) is 10.0. The van der Waals surface area contributed by atoms with Gasteiger partial charge in [0.25, 0.3) is 6.47 Å². The molecule has 1 aromatic carbocycles. The van der Waals surface area contributed by atoms with Gasteiger partial charge in [0.1, 0.15) is 5.82 Å². The topological polar surface area (TPSA) is 129 Å². The number of hydrogen-bond acceptors (Lipinski definition) is 5. The number of rotatable bonds is 5. The number of nitrogens with one attached hydrogen (secondary N) is 2. The molecule has 33 heavy (non-hydrogen) atoms. The van der Waals surface area contributed by atoms with E-state index in [9.17, 15) is 4.79 Å². The zero-order valence-electron chi connectivity index (χ0n) is 19.1. The Balaban J connectivity index is 0.000000821. The minimum Gasteiger partial charge on any atom is -0.483 e. The molecular formula is C23H31N7O3. The van der Waals surface area contributed by atoms with E-state index in [2.05, 4.69) is 27.6 Å². The van der Waals surface area contributed by atoms with Crippen molar-refractivity contribution in [1.82, 2.24) is 35.2 Å². The summed E-state index contributed by atoms with van der Waals surface area (Å²) in [6.07, 6.45) is 7.08. The van der Waals surface area contributed by atoms with Gasteiger partial charge in [-0.15, -0.1) is 0 Å². The first-order chi connectivity index (χ1) is 16.0.